The summed E-state index contributed by atoms with van der Waals surface area (Å²) in [4.78, 5) is 4.72. The summed E-state index contributed by atoms with van der Waals surface area (Å²) in [6, 6.07) is 66.3. The third kappa shape index (κ3) is 6.41. The number of anilines is 6. The number of nitrogens with zero attached hydrogens (tertiary/aromatic N) is 2. The molecule has 12 rings (SSSR count). The fourth-order valence-corrected chi connectivity index (χ4v) is 10.9. The Balaban J connectivity index is 0.986. The average Bonchev–Trinajstić information content (AvgIpc) is 3.97. The molecule has 0 amide bonds. The van der Waals surface area contributed by atoms with Crippen molar-refractivity contribution in [2.75, 3.05) is 9.80 Å². The van der Waals surface area contributed by atoms with Gasteiger partial charge in [0, 0.05) is 60.8 Å². The number of para-hydroxylation sites is 6. The molecule has 0 atom stereocenters. The maximum absolute atomic E-state index is 6.98. The van der Waals surface area contributed by atoms with Gasteiger partial charge in [-0.1, -0.05) is 165 Å². The molecule has 0 aliphatic heterocycles. The van der Waals surface area contributed by atoms with E-state index in [0.29, 0.717) is 0 Å². The van der Waals surface area contributed by atoms with Gasteiger partial charge < -0.3 is 18.6 Å². The molecule has 67 heavy (non-hydrogen) atoms. The predicted molar refractivity (Wildman–Crippen MR) is 283 cm³/mol. The molecule has 11 aromatic rings. The molecule has 2 heterocycles. The SMILES string of the molecule is CC(C)(C)c1cccc2c1oc1c(N(c3ccccc3)c3ccc4c(c3)C(C)(C)c3cc5cc(N(c6ccccc6)c6cccc7c6oc6c(C(C)(C)C)cccc67)ccc5cc3-4)cccc12. The molecular weight excluding hydrogens is 817 g/mol. The molecule has 2 aromatic heterocycles. The Labute approximate surface area is 392 Å². The fraction of sp³-hybridized carbons (Fsp3) is 0.175. The molecule has 9 aromatic carbocycles. The van der Waals surface area contributed by atoms with Crippen molar-refractivity contribution in [3.63, 3.8) is 0 Å². The molecule has 0 fully saturated rings. The molecule has 4 nitrogen and oxygen atoms in total. The van der Waals surface area contributed by atoms with Crippen LogP contribution in [0.5, 0.6) is 0 Å². The Morgan fingerprint density at radius 3 is 1.31 bits per heavy atom. The Bertz CT molecular complexity index is 3750. The number of benzene rings is 9. The Hall–Kier alpha value is -7.56. The van der Waals surface area contributed by atoms with Crippen LogP contribution >= 0.6 is 0 Å². The van der Waals surface area contributed by atoms with Crippen molar-refractivity contribution in [1.82, 2.24) is 0 Å². The van der Waals surface area contributed by atoms with Crippen LogP contribution in [-0.4, -0.2) is 0 Å². The highest BCUT2D eigenvalue weighted by Crippen LogP contribution is 2.53. The number of hydrogen-bond acceptors (Lipinski definition) is 4. The molecule has 0 unspecified atom stereocenters. The molecule has 0 bridgehead atoms. The Morgan fingerprint density at radius 2 is 0.806 bits per heavy atom. The monoisotopic (exact) mass is 870 g/mol. The molecule has 4 heteroatoms. The van der Waals surface area contributed by atoms with E-state index < -0.39 is 0 Å². The number of rotatable bonds is 6. The second-order valence-corrected chi connectivity index (χ2v) is 21.0. The van der Waals surface area contributed by atoms with Crippen LogP contribution in [0.25, 0.3) is 65.8 Å². The van der Waals surface area contributed by atoms with Crippen molar-refractivity contribution in [2.45, 2.75) is 71.6 Å². The van der Waals surface area contributed by atoms with Crippen LogP contribution in [0.1, 0.15) is 77.6 Å². The van der Waals surface area contributed by atoms with Gasteiger partial charge in [0.2, 0.25) is 0 Å². The van der Waals surface area contributed by atoms with E-state index in [0.717, 1.165) is 78.0 Å². The Kier molecular flexibility index (Phi) is 8.99. The van der Waals surface area contributed by atoms with Crippen molar-refractivity contribution in [3.05, 3.63) is 204 Å². The molecule has 0 saturated carbocycles. The van der Waals surface area contributed by atoms with Gasteiger partial charge in [-0.05, 0) is 117 Å². The van der Waals surface area contributed by atoms with Gasteiger partial charge in [-0.3, -0.25) is 0 Å². The van der Waals surface area contributed by atoms with Crippen molar-refractivity contribution in [2.24, 2.45) is 0 Å². The van der Waals surface area contributed by atoms with Gasteiger partial charge in [0.1, 0.15) is 11.2 Å². The van der Waals surface area contributed by atoms with Crippen LogP contribution in [0.4, 0.5) is 34.1 Å². The third-order valence-electron chi connectivity index (χ3n) is 14.3. The first-order valence-corrected chi connectivity index (χ1v) is 23.6. The minimum absolute atomic E-state index is 0.0670. The summed E-state index contributed by atoms with van der Waals surface area (Å²) in [6.07, 6.45) is 0. The highest BCUT2D eigenvalue weighted by molar-refractivity contribution is 6.13. The van der Waals surface area contributed by atoms with Crippen LogP contribution in [0.2, 0.25) is 0 Å². The average molecular weight is 871 g/mol. The summed E-state index contributed by atoms with van der Waals surface area (Å²) < 4.78 is 13.9. The van der Waals surface area contributed by atoms with Gasteiger partial charge in [-0.15, -0.1) is 0 Å². The first-order valence-electron chi connectivity index (χ1n) is 23.6. The lowest BCUT2D eigenvalue weighted by molar-refractivity contribution is 0.572. The lowest BCUT2D eigenvalue weighted by atomic mass is 9.81. The zero-order chi connectivity index (χ0) is 46.0. The number of hydrogen-bond donors (Lipinski definition) is 0. The molecule has 1 aliphatic rings. The molecule has 0 spiro atoms. The summed E-state index contributed by atoms with van der Waals surface area (Å²) in [5.74, 6) is 0. The van der Waals surface area contributed by atoms with Crippen LogP contribution in [-0.2, 0) is 16.2 Å². The predicted octanol–water partition coefficient (Wildman–Crippen LogP) is 18.5. The van der Waals surface area contributed by atoms with E-state index in [1.54, 1.807) is 0 Å². The largest absolute Gasteiger partial charge is 0.454 e. The first-order chi connectivity index (χ1) is 32.3. The van der Waals surface area contributed by atoms with Gasteiger partial charge in [-0.25, -0.2) is 0 Å². The van der Waals surface area contributed by atoms with E-state index in [1.807, 2.05) is 0 Å². The zero-order valence-electron chi connectivity index (χ0n) is 39.5. The summed E-state index contributed by atoms with van der Waals surface area (Å²) in [6.45, 7) is 18.3. The van der Waals surface area contributed by atoms with Gasteiger partial charge in [0.15, 0.2) is 11.2 Å². The van der Waals surface area contributed by atoms with Gasteiger partial charge in [0.05, 0.1) is 11.4 Å². The summed E-state index contributed by atoms with van der Waals surface area (Å²) >= 11 is 0. The second-order valence-electron chi connectivity index (χ2n) is 21.0. The van der Waals surface area contributed by atoms with Gasteiger partial charge >= 0.3 is 0 Å². The van der Waals surface area contributed by atoms with E-state index in [9.17, 15) is 0 Å². The van der Waals surface area contributed by atoms with Crippen LogP contribution in [0.15, 0.2) is 191 Å². The van der Waals surface area contributed by atoms with Crippen LogP contribution in [0.3, 0.4) is 0 Å². The summed E-state index contributed by atoms with van der Waals surface area (Å²) in [5, 5.41) is 6.93. The Morgan fingerprint density at radius 1 is 0.358 bits per heavy atom. The van der Waals surface area contributed by atoms with E-state index in [1.165, 1.54) is 44.2 Å². The van der Waals surface area contributed by atoms with E-state index >= 15 is 0 Å². The first kappa shape index (κ1) is 40.9. The number of fused-ring (bicyclic) bond motifs is 10. The lowest BCUT2D eigenvalue weighted by Gasteiger charge is -2.28. The highest BCUT2D eigenvalue weighted by atomic mass is 16.3. The third-order valence-corrected chi connectivity index (χ3v) is 14.3. The smallest absolute Gasteiger partial charge is 0.159 e. The van der Waals surface area contributed by atoms with E-state index in [4.69, 9.17) is 8.83 Å². The fourth-order valence-electron chi connectivity index (χ4n) is 10.9. The van der Waals surface area contributed by atoms with Gasteiger partial charge in [0.25, 0.3) is 0 Å². The van der Waals surface area contributed by atoms with Crippen molar-refractivity contribution >= 4 is 88.8 Å². The van der Waals surface area contributed by atoms with Crippen LogP contribution < -0.4 is 9.80 Å². The maximum Gasteiger partial charge on any atom is 0.159 e. The molecule has 0 saturated heterocycles. The van der Waals surface area contributed by atoms with Crippen molar-refractivity contribution < 1.29 is 8.83 Å². The lowest BCUT2D eigenvalue weighted by Crippen LogP contribution is -2.16. The molecule has 1 aliphatic carbocycles. The number of furan rings is 2. The second kappa shape index (κ2) is 14.7. The minimum atomic E-state index is -0.274. The van der Waals surface area contributed by atoms with Crippen molar-refractivity contribution in [1.29, 1.82) is 0 Å². The standard InChI is InChI=1S/C63H54N2O2/c1-61(2,3)51-27-15-23-46-48-25-17-29-55(59(48)66-57(46)51)64(41-19-11-9-12-20-41)43-32-31-39-36-50-45-34-33-44(38-54(45)63(7,8)53(50)37-40(39)35-43)65(42-21-13-10-14-22-42)56-30-18-26-49-47-24-16-28-52(62(4,5)6)58(47)67-60(49)56/h9-38H,1-8H3. The molecular formula is C63H54N2O2. The summed E-state index contributed by atoms with van der Waals surface area (Å²) in [7, 11) is 0. The van der Waals surface area contributed by atoms with E-state index in [2.05, 4.69) is 247 Å². The topological polar surface area (TPSA) is 32.8 Å². The summed E-state index contributed by atoms with van der Waals surface area (Å²) in [5.41, 5.74) is 17.2. The normalized spacial score (nSPS) is 13.5. The zero-order valence-corrected chi connectivity index (χ0v) is 39.5. The molecule has 328 valence electrons. The van der Waals surface area contributed by atoms with Crippen LogP contribution in [0, 0.1) is 0 Å². The quantitative estimate of drug-likeness (QED) is 0.167. The van der Waals surface area contributed by atoms with E-state index in [-0.39, 0.29) is 16.2 Å². The minimum Gasteiger partial charge on any atom is -0.454 e. The maximum atomic E-state index is 6.98. The van der Waals surface area contributed by atoms with Crippen molar-refractivity contribution in [3.8, 4) is 11.1 Å². The molecule has 0 N–H and O–H groups in total. The van der Waals surface area contributed by atoms with Gasteiger partial charge in [-0.2, -0.15) is 0 Å². The molecule has 0 radical (unpaired) electrons. The highest BCUT2D eigenvalue weighted by Gasteiger charge is 2.37.